The van der Waals surface area contributed by atoms with Gasteiger partial charge < -0.3 is 4.74 Å². The molecular formula is C13H17Br2NO2S. The number of hydrogen-bond donors (Lipinski definition) is 0. The van der Waals surface area contributed by atoms with Gasteiger partial charge in [0.05, 0.1) is 20.2 Å². The van der Waals surface area contributed by atoms with Crippen LogP contribution in [0.5, 0.6) is 0 Å². The number of ketones is 1. The van der Waals surface area contributed by atoms with E-state index in [9.17, 15) is 4.79 Å². The van der Waals surface area contributed by atoms with Crippen molar-refractivity contribution >= 4 is 49.0 Å². The van der Waals surface area contributed by atoms with Crippen LogP contribution in [0.4, 0.5) is 0 Å². The van der Waals surface area contributed by atoms with Crippen molar-refractivity contribution in [3.05, 3.63) is 19.2 Å². The van der Waals surface area contributed by atoms with Gasteiger partial charge in [0.2, 0.25) is 0 Å². The number of carbonyl (C=O) groups is 1. The number of halogens is 2. The minimum Gasteiger partial charge on any atom is -0.377 e. The molecular weight excluding hydrogens is 394 g/mol. The molecule has 0 radical (unpaired) electrons. The predicted octanol–water partition coefficient (Wildman–Crippen LogP) is 3.96. The molecule has 1 aliphatic heterocycles. The van der Waals surface area contributed by atoms with Gasteiger partial charge in [-0.15, -0.1) is 11.3 Å². The zero-order valence-corrected chi connectivity index (χ0v) is 14.8. The normalized spacial score (nSPS) is 19.3. The van der Waals surface area contributed by atoms with E-state index in [1.807, 2.05) is 6.07 Å². The fourth-order valence-corrected chi connectivity index (χ4v) is 5.06. The molecule has 0 spiro atoms. The summed E-state index contributed by atoms with van der Waals surface area (Å²) in [4.78, 5) is 14.5. The summed E-state index contributed by atoms with van der Waals surface area (Å²) >= 11 is 8.38. The summed E-state index contributed by atoms with van der Waals surface area (Å²) < 4.78 is 7.51. The molecule has 0 aromatic carbocycles. The van der Waals surface area contributed by atoms with E-state index in [4.69, 9.17) is 4.74 Å². The van der Waals surface area contributed by atoms with Crippen LogP contribution in [0.2, 0.25) is 0 Å². The topological polar surface area (TPSA) is 29.5 Å². The van der Waals surface area contributed by atoms with Crippen molar-refractivity contribution in [3.63, 3.8) is 0 Å². The lowest BCUT2D eigenvalue weighted by molar-refractivity contribution is 0.0686. The van der Waals surface area contributed by atoms with Crippen LogP contribution in [0.25, 0.3) is 0 Å². The fraction of sp³-hybridized carbons (Fsp3) is 0.615. The van der Waals surface area contributed by atoms with Crippen LogP contribution in [0, 0.1) is 0 Å². The Morgan fingerprint density at radius 2 is 2.37 bits per heavy atom. The number of Topliss-reactive ketones (excluding diaryl/α,β-unsaturated/α-hetero) is 1. The fourth-order valence-electron chi connectivity index (χ4n) is 2.20. The molecule has 1 saturated heterocycles. The van der Waals surface area contributed by atoms with Crippen molar-refractivity contribution in [3.8, 4) is 0 Å². The van der Waals surface area contributed by atoms with Crippen molar-refractivity contribution in [2.75, 3.05) is 26.2 Å². The third-order valence-corrected chi connectivity index (χ3v) is 5.60. The molecule has 0 aliphatic carbocycles. The molecule has 106 valence electrons. The largest absolute Gasteiger partial charge is 0.377 e. The summed E-state index contributed by atoms with van der Waals surface area (Å²) in [7, 11) is 0. The maximum absolute atomic E-state index is 12.3. The predicted molar refractivity (Wildman–Crippen MR) is 85.1 cm³/mol. The Labute approximate surface area is 134 Å². The Morgan fingerprint density at radius 3 is 2.89 bits per heavy atom. The van der Waals surface area contributed by atoms with Gasteiger partial charge in [0.1, 0.15) is 0 Å². The lowest BCUT2D eigenvalue weighted by Gasteiger charge is -2.22. The van der Waals surface area contributed by atoms with Crippen molar-refractivity contribution < 1.29 is 9.53 Å². The second-order valence-corrected chi connectivity index (χ2v) is 8.37. The molecule has 6 heteroatoms. The molecule has 1 aliphatic rings. The van der Waals surface area contributed by atoms with Gasteiger partial charge in [0.15, 0.2) is 5.78 Å². The minimum atomic E-state index is 0.161. The number of ether oxygens (including phenoxy) is 1. The van der Waals surface area contributed by atoms with E-state index in [-0.39, 0.29) is 5.78 Å². The van der Waals surface area contributed by atoms with E-state index in [0.717, 1.165) is 45.7 Å². The highest BCUT2D eigenvalue weighted by Gasteiger charge is 2.21. The molecule has 19 heavy (non-hydrogen) atoms. The zero-order valence-electron chi connectivity index (χ0n) is 10.8. The second kappa shape index (κ2) is 7.31. The van der Waals surface area contributed by atoms with Crippen molar-refractivity contribution in [1.82, 2.24) is 4.90 Å². The quantitative estimate of drug-likeness (QED) is 0.664. The van der Waals surface area contributed by atoms with Gasteiger partial charge in [-0.05, 0) is 57.3 Å². The Balaban J connectivity index is 1.93. The van der Waals surface area contributed by atoms with E-state index in [2.05, 4.69) is 43.7 Å². The highest BCUT2D eigenvalue weighted by Crippen LogP contribution is 2.32. The van der Waals surface area contributed by atoms with E-state index >= 15 is 0 Å². The van der Waals surface area contributed by atoms with Crippen LogP contribution in [0.15, 0.2) is 13.6 Å². The summed E-state index contributed by atoms with van der Waals surface area (Å²) in [5.41, 5.74) is 0.766. The first-order valence-corrected chi connectivity index (χ1v) is 8.82. The molecule has 1 unspecified atom stereocenters. The van der Waals surface area contributed by atoms with Gasteiger partial charge in [0, 0.05) is 18.7 Å². The zero-order chi connectivity index (χ0) is 13.8. The summed E-state index contributed by atoms with van der Waals surface area (Å²) in [6.07, 6.45) is 2.54. The van der Waals surface area contributed by atoms with Crippen molar-refractivity contribution in [2.45, 2.75) is 25.9 Å². The van der Waals surface area contributed by atoms with E-state index in [0.29, 0.717) is 12.6 Å². The van der Waals surface area contributed by atoms with Crippen molar-refractivity contribution in [1.29, 1.82) is 0 Å². The number of rotatable bonds is 6. The van der Waals surface area contributed by atoms with Gasteiger partial charge in [-0.2, -0.15) is 0 Å². The summed E-state index contributed by atoms with van der Waals surface area (Å²) in [5, 5.41) is 0. The van der Waals surface area contributed by atoms with Crippen LogP contribution in [-0.2, 0) is 4.74 Å². The molecule has 0 amide bonds. The van der Waals surface area contributed by atoms with Crippen LogP contribution in [0.3, 0.4) is 0 Å². The summed E-state index contributed by atoms with van der Waals surface area (Å²) in [6.45, 7) is 5.12. The molecule has 0 bridgehead atoms. The molecule has 3 nitrogen and oxygen atoms in total. The van der Waals surface area contributed by atoms with Gasteiger partial charge in [-0.1, -0.05) is 6.92 Å². The lowest BCUT2D eigenvalue weighted by atomic mass is 10.2. The van der Waals surface area contributed by atoms with Crippen LogP contribution >= 0.6 is 43.2 Å². The minimum absolute atomic E-state index is 0.161. The Hall–Kier alpha value is 0.250. The molecule has 0 saturated carbocycles. The highest BCUT2D eigenvalue weighted by molar-refractivity contribution is 9.12. The molecule has 2 rings (SSSR count). The van der Waals surface area contributed by atoms with Crippen LogP contribution in [0.1, 0.15) is 30.1 Å². The molecule has 2 heterocycles. The van der Waals surface area contributed by atoms with Gasteiger partial charge in [0.25, 0.3) is 0 Å². The van der Waals surface area contributed by atoms with Crippen molar-refractivity contribution in [2.24, 2.45) is 0 Å². The molecule has 1 fully saturated rings. The average molecular weight is 411 g/mol. The van der Waals surface area contributed by atoms with Gasteiger partial charge in [-0.3, -0.25) is 9.69 Å². The average Bonchev–Trinajstić information content (AvgIpc) is 2.98. The molecule has 0 N–H and O–H groups in total. The monoisotopic (exact) mass is 409 g/mol. The van der Waals surface area contributed by atoms with Gasteiger partial charge in [-0.25, -0.2) is 0 Å². The number of nitrogens with zero attached hydrogens (tertiary/aromatic N) is 1. The Morgan fingerprint density at radius 1 is 1.58 bits per heavy atom. The maximum atomic E-state index is 12.3. The first-order chi connectivity index (χ1) is 9.10. The summed E-state index contributed by atoms with van der Waals surface area (Å²) in [6, 6.07) is 1.89. The van der Waals surface area contributed by atoms with E-state index in [1.165, 1.54) is 11.3 Å². The maximum Gasteiger partial charge on any atom is 0.178 e. The Bertz CT molecular complexity index is 444. The van der Waals surface area contributed by atoms with E-state index < -0.39 is 0 Å². The first-order valence-electron chi connectivity index (χ1n) is 6.42. The number of thiophene rings is 1. The summed E-state index contributed by atoms with van der Waals surface area (Å²) in [5.74, 6) is 0.161. The van der Waals surface area contributed by atoms with Crippen LogP contribution < -0.4 is 0 Å². The van der Waals surface area contributed by atoms with Crippen LogP contribution in [-0.4, -0.2) is 43.0 Å². The number of hydrogen-bond acceptors (Lipinski definition) is 4. The molecule has 1 atom stereocenters. The highest BCUT2D eigenvalue weighted by atomic mass is 79.9. The second-order valence-electron chi connectivity index (χ2n) is 4.62. The van der Waals surface area contributed by atoms with E-state index in [1.54, 1.807) is 0 Å². The van der Waals surface area contributed by atoms with Gasteiger partial charge >= 0.3 is 0 Å². The lowest BCUT2D eigenvalue weighted by Crippen LogP contribution is -2.36. The molecule has 1 aromatic rings. The third-order valence-electron chi connectivity index (χ3n) is 3.26. The first kappa shape index (κ1) is 15.6. The Kier molecular flexibility index (Phi) is 6.02. The standard InChI is InChI=1S/C13H17Br2NO2S/c1-2-16(7-9-4-3-5-18-9)8-11(17)10-6-12(14)19-13(10)15/h6,9H,2-5,7-8H2,1H3. The molecule has 1 aromatic heterocycles. The smallest absolute Gasteiger partial charge is 0.178 e. The number of likely N-dealkylation sites (N-methyl/N-ethyl adjacent to an activating group) is 1. The third kappa shape index (κ3) is 4.36. The SMILES string of the molecule is CCN(CC(=O)c1cc(Br)sc1Br)CC1CCCO1. The number of carbonyl (C=O) groups excluding carboxylic acids is 1.